The number of nitrogens with zero attached hydrogens (tertiary/aromatic N) is 3. The van der Waals surface area contributed by atoms with Gasteiger partial charge < -0.3 is 10.2 Å². The van der Waals surface area contributed by atoms with Gasteiger partial charge >= 0.3 is 0 Å². The molecule has 0 spiro atoms. The van der Waals surface area contributed by atoms with Gasteiger partial charge in [-0.3, -0.25) is 0 Å². The molecule has 1 N–H and O–H groups in total. The second-order valence-corrected chi connectivity index (χ2v) is 4.02. The first-order chi connectivity index (χ1) is 8.74. The highest BCUT2D eigenvalue weighted by Crippen LogP contribution is 2.24. The van der Waals surface area contributed by atoms with Crippen LogP contribution in [0.15, 0.2) is 36.4 Å². The van der Waals surface area contributed by atoms with Gasteiger partial charge in [0.2, 0.25) is 5.95 Å². The van der Waals surface area contributed by atoms with Crippen LogP contribution in [0.1, 0.15) is 12.6 Å². The molecule has 0 atom stereocenters. The molecule has 0 saturated carbocycles. The maximum Gasteiger partial charge on any atom is 0.224 e. The minimum atomic E-state index is 0.652. The van der Waals surface area contributed by atoms with Crippen molar-refractivity contribution in [3.8, 4) is 0 Å². The molecule has 0 aliphatic rings. The fourth-order valence-electron chi connectivity index (χ4n) is 1.89. The molecule has 0 unspecified atom stereocenters. The largest absolute Gasteiger partial charge is 0.357 e. The maximum absolute atomic E-state index is 4.50. The first-order valence-electron chi connectivity index (χ1n) is 6.10. The molecule has 0 aliphatic carbocycles. The van der Waals surface area contributed by atoms with E-state index in [1.165, 1.54) is 0 Å². The summed E-state index contributed by atoms with van der Waals surface area (Å²) in [6.45, 7) is 4.96. The third-order valence-corrected chi connectivity index (χ3v) is 2.72. The average molecular weight is 242 g/mol. The second-order valence-electron chi connectivity index (χ2n) is 4.02. The third kappa shape index (κ3) is 2.59. The van der Waals surface area contributed by atoms with Gasteiger partial charge in [-0.25, -0.2) is 4.98 Å². The van der Waals surface area contributed by atoms with Crippen LogP contribution in [0, 0.1) is 6.92 Å². The number of hydrogen-bond acceptors (Lipinski definition) is 4. The Kier molecular flexibility index (Phi) is 3.77. The zero-order valence-corrected chi connectivity index (χ0v) is 11.0. The number of anilines is 3. The van der Waals surface area contributed by atoms with Crippen molar-refractivity contribution in [2.45, 2.75) is 13.8 Å². The first-order valence-corrected chi connectivity index (χ1v) is 6.10. The van der Waals surface area contributed by atoms with Crippen molar-refractivity contribution in [3.63, 3.8) is 0 Å². The van der Waals surface area contributed by atoms with Crippen LogP contribution in [0.2, 0.25) is 0 Å². The van der Waals surface area contributed by atoms with Gasteiger partial charge in [-0.1, -0.05) is 18.2 Å². The van der Waals surface area contributed by atoms with Crippen LogP contribution in [-0.2, 0) is 0 Å². The molecule has 0 radical (unpaired) electrons. The van der Waals surface area contributed by atoms with Crippen LogP contribution < -0.4 is 10.2 Å². The summed E-state index contributed by atoms with van der Waals surface area (Å²) in [6, 6.07) is 12.2. The van der Waals surface area contributed by atoms with E-state index < -0.39 is 0 Å². The highest BCUT2D eigenvalue weighted by molar-refractivity contribution is 5.60. The molecule has 4 nitrogen and oxygen atoms in total. The monoisotopic (exact) mass is 242 g/mol. The van der Waals surface area contributed by atoms with Gasteiger partial charge in [0.05, 0.1) is 0 Å². The molecule has 1 aromatic heterocycles. The van der Waals surface area contributed by atoms with Crippen molar-refractivity contribution in [3.05, 3.63) is 42.1 Å². The molecule has 0 bridgehead atoms. The van der Waals surface area contributed by atoms with Crippen LogP contribution in [0.4, 0.5) is 17.5 Å². The van der Waals surface area contributed by atoms with Crippen LogP contribution in [0.3, 0.4) is 0 Å². The highest BCUT2D eigenvalue weighted by Gasteiger charge is 2.10. The standard InChI is InChI=1S/C14H18N4/c1-4-18(12-8-6-5-7-9-12)13-10-11(2)16-14(15-3)17-13/h5-10H,4H2,1-3H3,(H,15,16,17). The number of para-hydroxylation sites is 1. The molecular formula is C14H18N4. The molecule has 0 amide bonds. The van der Waals surface area contributed by atoms with E-state index in [1.54, 1.807) is 0 Å². The zero-order valence-electron chi connectivity index (χ0n) is 11.0. The molecular weight excluding hydrogens is 224 g/mol. The lowest BCUT2D eigenvalue weighted by Gasteiger charge is -2.22. The van der Waals surface area contributed by atoms with Crippen LogP contribution in [0.25, 0.3) is 0 Å². The van der Waals surface area contributed by atoms with E-state index in [0.717, 1.165) is 23.7 Å². The molecule has 2 aromatic rings. The van der Waals surface area contributed by atoms with E-state index in [0.29, 0.717) is 5.95 Å². The number of aromatic nitrogens is 2. The first kappa shape index (κ1) is 12.4. The summed E-state index contributed by atoms with van der Waals surface area (Å²) in [4.78, 5) is 11.0. The average Bonchev–Trinajstić information content (AvgIpc) is 2.40. The number of rotatable bonds is 4. The molecule has 0 saturated heterocycles. The summed E-state index contributed by atoms with van der Waals surface area (Å²) in [5.41, 5.74) is 2.10. The lowest BCUT2D eigenvalue weighted by Crippen LogP contribution is -2.18. The number of nitrogens with one attached hydrogen (secondary N) is 1. The molecule has 0 aliphatic heterocycles. The topological polar surface area (TPSA) is 41.1 Å². The lowest BCUT2D eigenvalue weighted by molar-refractivity contribution is 0.967. The van der Waals surface area contributed by atoms with E-state index in [-0.39, 0.29) is 0 Å². The highest BCUT2D eigenvalue weighted by atomic mass is 15.2. The van der Waals surface area contributed by atoms with Gasteiger partial charge in [0.25, 0.3) is 0 Å². The van der Waals surface area contributed by atoms with Crippen LogP contribution in [0.5, 0.6) is 0 Å². The molecule has 2 rings (SSSR count). The van der Waals surface area contributed by atoms with Gasteiger partial charge in [-0.05, 0) is 26.0 Å². The fraction of sp³-hybridized carbons (Fsp3) is 0.286. The summed E-state index contributed by atoms with van der Waals surface area (Å²) < 4.78 is 0. The van der Waals surface area contributed by atoms with E-state index in [9.17, 15) is 0 Å². The van der Waals surface area contributed by atoms with Crippen molar-refractivity contribution >= 4 is 17.5 Å². The van der Waals surface area contributed by atoms with Crippen molar-refractivity contribution in [1.82, 2.24) is 9.97 Å². The number of aryl methyl sites for hydroxylation is 1. The maximum atomic E-state index is 4.50. The fourth-order valence-corrected chi connectivity index (χ4v) is 1.89. The summed E-state index contributed by atoms with van der Waals surface area (Å²) in [6.07, 6.45) is 0. The number of benzene rings is 1. The van der Waals surface area contributed by atoms with E-state index in [4.69, 9.17) is 0 Å². The van der Waals surface area contributed by atoms with Crippen molar-refractivity contribution in [2.75, 3.05) is 23.8 Å². The van der Waals surface area contributed by atoms with Gasteiger partial charge in [0.15, 0.2) is 0 Å². The zero-order chi connectivity index (χ0) is 13.0. The Morgan fingerprint density at radius 3 is 2.50 bits per heavy atom. The normalized spacial score (nSPS) is 10.2. The molecule has 94 valence electrons. The summed E-state index contributed by atoms with van der Waals surface area (Å²) >= 11 is 0. The Morgan fingerprint density at radius 1 is 1.17 bits per heavy atom. The van der Waals surface area contributed by atoms with Crippen LogP contribution >= 0.6 is 0 Å². The Balaban J connectivity index is 2.42. The minimum absolute atomic E-state index is 0.652. The van der Waals surface area contributed by atoms with E-state index >= 15 is 0 Å². The second kappa shape index (κ2) is 5.49. The van der Waals surface area contributed by atoms with Crippen molar-refractivity contribution < 1.29 is 0 Å². The molecule has 0 fully saturated rings. The van der Waals surface area contributed by atoms with Crippen LogP contribution in [-0.4, -0.2) is 23.6 Å². The summed E-state index contributed by atoms with van der Waals surface area (Å²) in [7, 11) is 1.83. The molecule has 18 heavy (non-hydrogen) atoms. The van der Waals surface area contributed by atoms with Gasteiger partial charge in [0, 0.05) is 31.0 Å². The molecule has 1 heterocycles. The lowest BCUT2D eigenvalue weighted by atomic mass is 10.2. The Hall–Kier alpha value is -2.10. The summed E-state index contributed by atoms with van der Waals surface area (Å²) in [5, 5.41) is 2.99. The Bertz CT molecular complexity index is 510. The van der Waals surface area contributed by atoms with Gasteiger partial charge in [0.1, 0.15) is 5.82 Å². The Labute approximate surface area is 108 Å². The quantitative estimate of drug-likeness (QED) is 0.895. The third-order valence-electron chi connectivity index (χ3n) is 2.72. The molecule has 4 heteroatoms. The van der Waals surface area contributed by atoms with Crippen molar-refractivity contribution in [2.24, 2.45) is 0 Å². The van der Waals surface area contributed by atoms with E-state index in [1.807, 2.05) is 38.2 Å². The predicted molar refractivity (Wildman–Crippen MR) is 75.4 cm³/mol. The Morgan fingerprint density at radius 2 is 1.89 bits per heavy atom. The van der Waals surface area contributed by atoms with Crippen molar-refractivity contribution in [1.29, 1.82) is 0 Å². The molecule has 1 aromatic carbocycles. The summed E-state index contributed by atoms with van der Waals surface area (Å²) in [5.74, 6) is 1.57. The van der Waals surface area contributed by atoms with Gasteiger partial charge in [-0.15, -0.1) is 0 Å². The smallest absolute Gasteiger partial charge is 0.224 e. The van der Waals surface area contributed by atoms with Gasteiger partial charge in [-0.2, -0.15) is 4.98 Å². The SMILES string of the molecule is CCN(c1ccccc1)c1cc(C)nc(NC)n1. The predicted octanol–water partition coefficient (Wildman–Crippen LogP) is 2.98. The minimum Gasteiger partial charge on any atom is -0.357 e. The van der Waals surface area contributed by atoms with E-state index in [2.05, 4.69) is 39.2 Å². The number of hydrogen-bond donors (Lipinski definition) is 1.